The Bertz CT molecular complexity index is 164. The van der Waals surface area contributed by atoms with Crippen molar-refractivity contribution in [2.24, 2.45) is 0 Å². The zero-order chi connectivity index (χ0) is 11.7. The first-order chi connectivity index (χ1) is 7.77. The molecule has 0 aliphatic carbocycles. The summed E-state index contributed by atoms with van der Waals surface area (Å²) in [5.74, 6) is 0. The fraction of sp³-hybridized carbons (Fsp3) is 1.00. The maximum atomic E-state index is 5.37. The third-order valence-corrected chi connectivity index (χ3v) is 3.60. The van der Waals surface area contributed by atoms with Crippen LogP contribution in [0.15, 0.2) is 0 Å². The summed E-state index contributed by atoms with van der Waals surface area (Å²) in [6.45, 7) is 6.19. The SMILES string of the molecule is CCCCCCCCCCC1(C)COCN1. The van der Waals surface area contributed by atoms with Crippen molar-refractivity contribution in [3.63, 3.8) is 0 Å². The molecule has 2 nitrogen and oxygen atoms in total. The van der Waals surface area contributed by atoms with Crippen molar-refractivity contribution in [1.82, 2.24) is 5.32 Å². The van der Waals surface area contributed by atoms with Gasteiger partial charge in [-0.15, -0.1) is 0 Å². The molecule has 1 saturated heterocycles. The molecule has 1 N–H and O–H groups in total. The Morgan fingerprint density at radius 3 is 2.19 bits per heavy atom. The number of ether oxygens (including phenoxy) is 1. The summed E-state index contributed by atoms with van der Waals surface area (Å²) >= 11 is 0. The minimum Gasteiger partial charge on any atom is -0.364 e. The molecule has 0 aromatic carbocycles. The van der Waals surface area contributed by atoms with E-state index in [1.54, 1.807) is 0 Å². The van der Waals surface area contributed by atoms with Crippen molar-refractivity contribution in [3.05, 3.63) is 0 Å². The van der Waals surface area contributed by atoms with Crippen LogP contribution in [0.5, 0.6) is 0 Å². The van der Waals surface area contributed by atoms with E-state index in [1.807, 2.05) is 0 Å². The molecule has 0 radical (unpaired) electrons. The number of hydrogen-bond donors (Lipinski definition) is 1. The highest BCUT2D eigenvalue weighted by Crippen LogP contribution is 2.19. The van der Waals surface area contributed by atoms with E-state index >= 15 is 0 Å². The summed E-state index contributed by atoms with van der Waals surface area (Å²) in [6, 6.07) is 0. The largest absolute Gasteiger partial charge is 0.364 e. The van der Waals surface area contributed by atoms with Gasteiger partial charge in [0.2, 0.25) is 0 Å². The fourth-order valence-corrected chi connectivity index (χ4v) is 2.36. The Kier molecular flexibility index (Phi) is 7.06. The first-order valence-electron chi connectivity index (χ1n) is 7.10. The second kappa shape index (κ2) is 8.08. The minimum absolute atomic E-state index is 0.266. The average Bonchev–Trinajstić information content (AvgIpc) is 2.70. The van der Waals surface area contributed by atoms with Crippen LogP contribution in [0.3, 0.4) is 0 Å². The van der Waals surface area contributed by atoms with Gasteiger partial charge in [0.05, 0.1) is 13.3 Å². The van der Waals surface area contributed by atoms with Crippen LogP contribution in [0.25, 0.3) is 0 Å². The van der Waals surface area contributed by atoms with E-state index in [4.69, 9.17) is 4.74 Å². The molecule has 16 heavy (non-hydrogen) atoms. The van der Waals surface area contributed by atoms with Gasteiger partial charge in [0, 0.05) is 5.54 Å². The third-order valence-electron chi connectivity index (χ3n) is 3.60. The van der Waals surface area contributed by atoms with Crippen LogP contribution in [0.4, 0.5) is 0 Å². The Labute approximate surface area is 101 Å². The van der Waals surface area contributed by atoms with E-state index in [9.17, 15) is 0 Å². The molecule has 96 valence electrons. The number of unbranched alkanes of at least 4 members (excludes halogenated alkanes) is 7. The van der Waals surface area contributed by atoms with Crippen LogP contribution in [-0.4, -0.2) is 18.9 Å². The number of nitrogens with one attached hydrogen (secondary N) is 1. The zero-order valence-electron chi connectivity index (χ0n) is 11.2. The van der Waals surface area contributed by atoms with E-state index in [1.165, 1.54) is 57.8 Å². The Morgan fingerprint density at radius 2 is 1.62 bits per heavy atom. The van der Waals surface area contributed by atoms with Gasteiger partial charge in [0.25, 0.3) is 0 Å². The van der Waals surface area contributed by atoms with Crippen molar-refractivity contribution in [2.45, 2.75) is 77.2 Å². The monoisotopic (exact) mass is 227 g/mol. The second-order valence-corrected chi connectivity index (χ2v) is 5.46. The fourth-order valence-electron chi connectivity index (χ4n) is 2.36. The molecule has 1 heterocycles. The molecule has 0 bridgehead atoms. The summed E-state index contributed by atoms with van der Waals surface area (Å²) in [5, 5.41) is 3.43. The molecule has 1 rings (SSSR count). The molecule has 0 amide bonds. The highest BCUT2D eigenvalue weighted by atomic mass is 16.5. The van der Waals surface area contributed by atoms with Gasteiger partial charge >= 0.3 is 0 Å². The molecule has 0 spiro atoms. The Hall–Kier alpha value is -0.0800. The number of hydrogen-bond acceptors (Lipinski definition) is 2. The summed E-state index contributed by atoms with van der Waals surface area (Å²) < 4.78 is 5.37. The van der Waals surface area contributed by atoms with Gasteiger partial charge in [-0.3, -0.25) is 5.32 Å². The minimum atomic E-state index is 0.266. The summed E-state index contributed by atoms with van der Waals surface area (Å²) in [4.78, 5) is 0. The third kappa shape index (κ3) is 5.86. The van der Waals surface area contributed by atoms with Gasteiger partial charge in [-0.1, -0.05) is 58.3 Å². The smallest absolute Gasteiger partial charge is 0.0971 e. The first-order valence-corrected chi connectivity index (χ1v) is 7.10. The van der Waals surface area contributed by atoms with Crippen molar-refractivity contribution in [3.8, 4) is 0 Å². The lowest BCUT2D eigenvalue weighted by atomic mass is 9.95. The summed E-state index contributed by atoms with van der Waals surface area (Å²) in [7, 11) is 0. The lowest BCUT2D eigenvalue weighted by Crippen LogP contribution is -2.38. The molecule has 0 aromatic rings. The highest BCUT2D eigenvalue weighted by Gasteiger charge is 2.27. The van der Waals surface area contributed by atoms with Gasteiger partial charge in [-0.25, -0.2) is 0 Å². The normalized spacial score (nSPS) is 25.1. The maximum absolute atomic E-state index is 5.37. The second-order valence-electron chi connectivity index (χ2n) is 5.46. The Morgan fingerprint density at radius 1 is 1.00 bits per heavy atom. The highest BCUT2D eigenvalue weighted by molar-refractivity contribution is 4.84. The molecule has 1 atom stereocenters. The van der Waals surface area contributed by atoms with Gasteiger partial charge in [-0.2, -0.15) is 0 Å². The van der Waals surface area contributed by atoms with Gasteiger partial charge in [0.1, 0.15) is 0 Å². The van der Waals surface area contributed by atoms with Crippen LogP contribution < -0.4 is 5.32 Å². The van der Waals surface area contributed by atoms with Crippen molar-refractivity contribution >= 4 is 0 Å². The van der Waals surface area contributed by atoms with Crippen molar-refractivity contribution < 1.29 is 4.74 Å². The van der Waals surface area contributed by atoms with Crippen LogP contribution in [-0.2, 0) is 4.74 Å². The van der Waals surface area contributed by atoms with E-state index in [2.05, 4.69) is 19.2 Å². The molecule has 1 unspecified atom stereocenters. The molecule has 0 aromatic heterocycles. The van der Waals surface area contributed by atoms with Crippen LogP contribution in [0, 0.1) is 0 Å². The van der Waals surface area contributed by atoms with Crippen molar-refractivity contribution in [2.75, 3.05) is 13.3 Å². The molecule has 1 aliphatic heterocycles. The molecule has 0 saturated carbocycles. The van der Waals surface area contributed by atoms with Crippen LogP contribution in [0.2, 0.25) is 0 Å². The quantitative estimate of drug-likeness (QED) is 0.604. The maximum Gasteiger partial charge on any atom is 0.0971 e. The van der Waals surface area contributed by atoms with Crippen molar-refractivity contribution in [1.29, 1.82) is 0 Å². The van der Waals surface area contributed by atoms with E-state index in [0.717, 1.165) is 13.3 Å². The molecule has 2 heteroatoms. The lowest BCUT2D eigenvalue weighted by Gasteiger charge is -2.21. The lowest BCUT2D eigenvalue weighted by molar-refractivity contribution is 0.176. The topological polar surface area (TPSA) is 21.3 Å². The summed E-state index contributed by atoms with van der Waals surface area (Å²) in [6.07, 6.45) is 12.5. The Balaban J connectivity index is 1.84. The van der Waals surface area contributed by atoms with Crippen LogP contribution in [0.1, 0.15) is 71.6 Å². The van der Waals surface area contributed by atoms with Gasteiger partial charge < -0.3 is 4.74 Å². The molecular formula is C14H29NO. The predicted octanol–water partition coefficient (Wildman–Crippen LogP) is 3.85. The van der Waals surface area contributed by atoms with Gasteiger partial charge in [-0.05, 0) is 13.3 Å². The van der Waals surface area contributed by atoms with E-state index in [0.29, 0.717) is 0 Å². The summed E-state index contributed by atoms with van der Waals surface area (Å²) in [5.41, 5.74) is 0.266. The predicted molar refractivity (Wildman–Crippen MR) is 69.6 cm³/mol. The standard InChI is InChI=1S/C14H29NO/c1-3-4-5-6-7-8-9-10-11-14(2)12-16-13-15-14/h15H,3-13H2,1-2H3. The number of rotatable bonds is 9. The van der Waals surface area contributed by atoms with Gasteiger partial charge in [0.15, 0.2) is 0 Å². The molecule has 1 fully saturated rings. The van der Waals surface area contributed by atoms with Crippen LogP contribution >= 0.6 is 0 Å². The zero-order valence-corrected chi connectivity index (χ0v) is 11.2. The van der Waals surface area contributed by atoms with E-state index in [-0.39, 0.29) is 5.54 Å². The average molecular weight is 227 g/mol. The molecular weight excluding hydrogens is 198 g/mol. The molecule has 1 aliphatic rings. The first kappa shape index (κ1) is 14.0. The van der Waals surface area contributed by atoms with E-state index < -0.39 is 0 Å².